The van der Waals surface area contributed by atoms with E-state index in [2.05, 4.69) is 5.32 Å². The molecule has 0 spiro atoms. The summed E-state index contributed by atoms with van der Waals surface area (Å²) in [5, 5.41) is 11.2. The standard InChI is InChI=1S/C7H11NO4/c1-7(2)5(6(10)11)12-3-4(9)8-7/h5H,3H2,1-2H3,(H,8,9)(H,10,11)/t5-/m1/s1. The molecule has 0 unspecified atom stereocenters. The van der Waals surface area contributed by atoms with Gasteiger partial charge in [0, 0.05) is 0 Å². The van der Waals surface area contributed by atoms with Gasteiger partial charge in [0.15, 0.2) is 6.10 Å². The van der Waals surface area contributed by atoms with Gasteiger partial charge in [-0.25, -0.2) is 4.79 Å². The molecule has 0 aliphatic carbocycles. The summed E-state index contributed by atoms with van der Waals surface area (Å²) >= 11 is 0. The van der Waals surface area contributed by atoms with Gasteiger partial charge in [0.2, 0.25) is 5.91 Å². The van der Waals surface area contributed by atoms with Gasteiger partial charge in [-0.2, -0.15) is 0 Å². The van der Waals surface area contributed by atoms with E-state index in [4.69, 9.17) is 9.84 Å². The summed E-state index contributed by atoms with van der Waals surface area (Å²) in [6, 6.07) is 0. The highest BCUT2D eigenvalue weighted by atomic mass is 16.5. The third kappa shape index (κ3) is 1.55. The molecule has 1 atom stereocenters. The average molecular weight is 173 g/mol. The van der Waals surface area contributed by atoms with E-state index < -0.39 is 17.6 Å². The van der Waals surface area contributed by atoms with Crippen molar-refractivity contribution in [2.45, 2.75) is 25.5 Å². The van der Waals surface area contributed by atoms with Gasteiger partial charge in [-0.15, -0.1) is 0 Å². The smallest absolute Gasteiger partial charge is 0.335 e. The van der Waals surface area contributed by atoms with Crippen LogP contribution in [0.3, 0.4) is 0 Å². The Kier molecular flexibility index (Phi) is 2.06. The topological polar surface area (TPSA) is 75.6 Å². The molecule has 68 valence electrons. The van der Waals surface area contributed by atoms with E-state index in [9.17, 15) is 9.59 Å². The van der Waals surface area contributed by atoms with E-state index in [1.807, 2.05) is 0 Å². The van der Waals surface area contributed by atoms with E-state index >= 15 is 0 Å². The van der Waals surface area contributed by atoms with Crippen molar-refractivity contribution in [3.8, 4) is 0 Å². The Morgan fingerprint density at radius 1 is 1.75 bits per heavy atom. The summed E-state index contributed by atoms with van der Waals surface area (Å²) in [7, 11) is 0. The summed E-state index contributed by atoms with van der Waals surface area (Å²) in [5.41, 5.74) is -0.832. The SMILES string of the molecule is CC1(C)NC(=O)CO[C@@H]1C(=O)O. The summed E-state index contributed by atoms with van der Waals surface area (Å²) < 4.78 is 4.86. The maximum absolute atomic E-state index is 10.8. The summed E-state index contributed by atoms with van der Waals surface area (Å²) in [6.45, 7) is 3.05. The van der Waals surface area contributed by atoms with Crippen LogP contribution in [0.2, 0.25) is 0 Å². The molecule has 1 heterocycles. The fraction of sp³-hybridized carbons (Fsp3) is 0.714. The molecule has 1 saturated heterocycles. The number of rotatable bonds is 1. The highest BCUT2D eigenvalue weighted by Gasteiger charge is 2.41. The van der Waals surface area contributed by atoms with Gasteiger partial charge >= 0.3 is 5.97 Å². The van der Waals surface area contributed by atoms with Crippen LogP contribution in [0.5, 0.6) is 0 Å². The maximum atomic E-state index is 10.8. The minimum Gasteiger partial charge on any atom is -0.479 e. The van der Waals surface area contributed by atoms with E-state index in [0.717, 1.165) is 0 Å². The van der Waals surface area contributed by atoms with Gasteiger partial charge in [0.25, 0.3) is 0 Å². The lowest BCUT2D eigenvalue weighted by Crippen LogP contribution is -2.61. The second-order valence-corrected chi connectivity index (χ2v) is 3.30. The highest BCUT2D eigenvalue weighted by Crippen LogP contribution is 2.16. The molecule has 1 fully saturated rings. The van der Waals surface area contributed by atoms with Crippen molar-refractivity contribution in [3.63, 3.8) is 0 Å². The molecule has 1 aliphatic heterocycles. The number of amides is 1. The van der Waals surface area contributed by atoms with Crippen LogP contribution in [0.4, 0.5) is 0 Å². The van der Waals surface area contributed by atoms with Crippen LogP contribution in [-0.4, -0.2) is 35.2 Å². The molecule has 12 heavy (non-hydrogen) atoms. The zero-order valence-corrected chi connectivity index (χ0v) is 6.96. The number of aliphatic carboxylic acids is 1. The van der Waals surface area contributed by atoms with Gasteiger partial charge in [-0.05, 0) is 13.8 Å². The van der Waals surface area contributed by atoms with Crippen LogP contribution in [0, 0.1) is 0 Å². The Morgan fingerprint density at radius 2 is 2.33 bits per heavy atom. The number of carbonyl (C=O) groups excluding carboxylic acids is 1. The van der Waals surface area contributed by atoms with Crippen LogP contribution in [0.15, 0.2) is 0 Å². The lowest BCUT2D eigenvalue weighted by molar-refractivity contribution is -0.164. The predicted molar refractivity (Wildman–Crippen MR) is 39.6 cm³/mol. The van der Waals surface area contributed by atoms with E-state index in [1.165, 1.54) is 0 Å². The molecule has 0 bridgehead atoms. The number of carboxylic acid groups (broad SMARTS) is 1. The van der Waals surface area contributed by atoms with Crippen molar-refractivity contribution in [1.29, 1.82) is 0 Å². The quantitative estimate of drug-likeness (QED) is 0.553. The molecule has 5 heteroatoms. The summed E-state index contributed by atoms with van der Waals surface area (Å²) in [5.74, 6) is -1.34. The van der Waals surface area contributed by atoms with Gasteiger partial charge in [-0.1, -0.05) is 0 Å². The van der Waals surface area contributed by atoms with Crippen LogP contribution in [0.1, 0.15) is 13.8 Å². The lowest BCUT2D eigenvalue weighted by atomic mass is 9.96. The molecule has 0 aromatic heterocycles. The third-order valence-corrected chi connectivity index (χ3v) is 1.72. The molecule has 0 aromatic carbocycles. The van der Waals surface area contributed by atoms with E-state index in [1.54, 1.807) is 13.8 Å². The van der Waals surface area contributed by atoms with Gasteiger partial charge in [0.05, 0.1) is 5.54 Å². The minimum atomic E-state index is -1.06. The Labute approximate surface area is 69.7 Å². The summed E-state index contributed by atoms with van der Waals surface area (Å²) in [6.07, 6.45) is -0.963. The monoisotopic (exact) mass is 173 g/mol. The molecule has 1 rings (SSSR count). The Balaban J connectivity index is 2.77. The number of hydrogen-bond acceptors (Lipinski definition) is 3. The Bertz CT molecular complexity index is 223. The molecular formula is C7H11NO4. The van der Waals surface area contributed by atoms with Gasteiger partial charge in [-0.3, -0.25) is 4.79 Å². The first-order valence-electron chi connectivity index (χ1n) is 3.59. The van der Waals surface area contributed by atoms with Crippen LogP contribution < -0.4 is 5.32 Å². The van der Waals surface area contributed by atoms with Crippen molar-refractivity contribution in [2.24, 2.45) is 0 Å². The van der Waals surface area contributed by atoms with Crippen molar-refractivity contribution in [1.82, 2.24) is 5.32 Å². The third-order valence-electron chi connectivity index (χ3n) is 1.72. The Hall–Kier alpha value is -1.10. The highest BCUT2D eigenvalue weighted by molar-refractivity contribution is 5.83. The number of nitrogens with one attached hydrogen (secondary N) is 1. The predicted octanol–water partition coefficient (Wildman–Crippen LogP) is -0.635. The second-order valence-electron chi connectivity index (χ2n) is 3.30. The Morgan fingerprint density at radius 3 is 2.75 bits per heavy atom. The van der Waals surface area contributed by atoms with Crippen LogP contribution in [-0.2, 0) is 14.3 Å². The van der Waals surface area contributed by atoms with E-state index in [-0.39, 0.29) is 12.5 Å². The number of hydrogen-bond donors (Lipinski definition) is 2. The molecule has 1 amide bonds. The van der Waals surface area contributed by atoms with E-state index in [0.29, 0.717) is 0 Å². The van der Waals surface area contributed by atoms with Crippen molar-refractivity contribution in [3.05, 3.63) is 0 Å². The first kappa shape index (κ1) is 8.99. The first-order chi connectivity index (χ1) is 5.43. The van der Waals surface area contributed by atoms with Gasteiger partial charge < -0.3 is 15.2 Å². The first-order valence-corrected chi connectivity index (χ1v) is 3.59. The largest absolute Gasteiger partial charge is 0.479 e. The van der Waals surface area contributed by atoms with Crippen molar-refractivity contribution >= 4 is 11.9 Å². The molecule has 0 saturated carbocycles. The molecule has 2 N–H and O–H groups in total. The number of carbonyl (C=O) groups is 2. The number of carboxylic acids is 1. The van der Waals surface area contributed by atoms with Gasteiger partial charge in [0.1, 0.15) is 6.61 Å². The summed E-state index contributed by atoms with van der Waals surface area (Å²) in [4.78, 5) is 21.4. The molecule has 0 radical (unpaired) electrons. The number of ether oxygens (including phenoxy) is 1. The zero-order valence-electron chi connectivity index (χ0n) is 6.96. The fourth-order valence-corrected chi connectivity index (χ4v) is 1.21. The number of morpholine rings is 1. The minimum absolute atomic E-state index is 0.180. The fourth-order valence-electron chi connectivity index (χ4n) is 1.21. The van der Waals surface area contributed by atoms with Crippen molar-refractivity contribution in [2.75, 3.05) is 6.61 Å². The maximum Gasteiger partial charge on any atom is 0.335 e. The lowest BCUT2D eigenvalue weighted by Gasteiger charge is -2.36. The molecular weight excluding hydrogens is 162 g/mol. The zero-order chi connectivity index (χ0) is 9.35. The normalized spacial score (nSPS) is 27.8. The van der Waals surface area contributed by atoms with Crippen molar-refractivity contribution < 1.29 is 19.4 Å². The molecule has 5 nitrogen and oxygen atoms in total. The van der Waals surface area contributed by atoms with Crippen LogP contribution in [0.25, 0.3) is 0 Å². The average Bonchev–Trinajstić information content (AvgIpc) is 1.82. The van der Waals surface area contributed by atoms with Crippen LogP contribution >= 0.6 is 0 Å². The second kappa shape index (κ2) is 2.75. The molecule has 0 aromatic rings. The molecule has 1 aliphatic rings.